The highest BCUT2D eigenvalue weighted by Gasteiger charge is 2.26. The molecule has 3 N–H and O–H groups in total. The fourth-order valence-electron chi connectivity index (χ4n) is 6.65. The Bertz CT molecular complexity index is 871. The summed E-state index contributed by atoms with van der Waals surface area (Å²) >= 11 is 0. The van der Waals surface area contributed by atoms with Crippen LogP contribution < -0.4 is 0 Å². The Labute approximate surface area is 339 Å². The van der Waals surface area contributed by atoms with Crippen LogP contribution in [0.2, 0.25) is 0 Å². The van der Waals surface area contributed by atoms with Gasteiger partial charge in [0, 0.05) is 13.0 Å². The van der Waals surface area contributed by atoms with Crippen molar-refractivity contribution in [2.24, 2.45) is 0 Å². The van der Waals surface area contributed by atoms with Crippen LogP contribution in [0.1, 0.15) is 226 Å². The van der Waals surface area contributed by atoms with Crippen molar-refractivity contribution in [1.29, 1.82) is 0 Å². The highest BCUT2D eigenvalue weighted by Crippen LogP contribution is 2.43. The molecule has 0 aromatic rings. The monoisotopic (exact) mass is 805 g/mol. The number of aliphatic hydroxyl groups excluding tert-OH is 2. The zero-order chi connectivity index (χ0) is 40.3. The van der Waals surface area contributed by atoms with Crippen molar-refractivity contribution in [2.45, 2.75) is 238 Å². The number of rotatable bonds is 45. The zero-order valence-electron chi connectivity index (χ0n) is 35.9. The molecule has 55 heavy (non-hydrogen) atoms. The van der Waals surface area contributed by atoms with E-state index in [0.717, 1.165) is 38.5 Å². The van der Waals surface area contributed by atoms with E-state index in [4.69, 9.17) is 23.6 Å². The molecule has 0 aliphatic carbocycles. The Morgan fingerprint density at radius 1 is 0.545 bits per heavy atom. The van der Waals surface area contributed by atoms with Gasteiger partial charge in [0.2, 0.25) is 0 Å². The quantitative estimate of drug-likeness (QED) is 0.0238. The van der Waals surface area contributed by atoms with Crippen molar-refractivity contribution in [1.82, 2.24) is 0 Å². The van der Waals surface area contributed by atoms with Crippen molar-refractivity contribution >= 4 is 13.8 Å². The Morgan fingerprint density at radius 2 is 0.927 bits per heavy atom. The summed E-state index contributed by atoms with van der Waals surface area (Å²) in [4.78, 5) is 22.6. The van der Waals surface area contributed by atoms with Crippen LogP contribution in [-0.4, -0.2) is 66.3 Å². The number of phosphoric acid groups is 1. The normalized spacial score (nSPS) is 14.1. The smallest absolute Gasteiger partial charge is 0.457 e. The number of aliphatic hydroxyl groups is 2. The summed E-state index contributed by atoms with van der Waals surface area (Å²) in [5, 5.41) is 18.3. The Hall–Kier alpha value is -0.800. The van der Waals surface area contributed by atoms with E-state index < -0.39 is 33.2 Å². The van der Waals surface area contributed by atoms with Crippen molar-refractivity contribution in [3.05, 3.63) is 12.2 Å². The second-order valence-corrected chi connectivity index (χ2v) is 17.2. The lowest BCUT2D eigenvalue weighted by atomic mass is 10.0. The minimum Gasteiger partial charge on any atom is -0.457 e. The lowest BCUT2D eigenvalue weighted by Gasteiger charge is -2.20. The molecule has 0 rings (SSSR count). The van der Waals surface area contributed by atoms with Gasteiger partial charge in [0.1, 0.15) is 12.2 Å². The predicted molar refractivity (Wildman–Crippen MR) is 228 cm³/mol. The topological polar surface area (TPSA) is 132 Å². The Morgan fingerprint density at radius 3 is 1.36 bits per heavy atom. The summed E-state index contributed by atoms with van der Waals surface area (Å²) in [5.41, 5.74) is 0. The molecule has 0 amide bonds. The molecule has 0 aliphatic rings. The SMILES string of the molecule is CCCCCCCCCC/C=C\CCCCCCCCCCCCOCC(COP(=O)(O)OCC(O)CO)OC(=O)CCCCCCCCCCCCCC. The summed E-state index contributed by atoms with van der Waals surface area (Å²) in [6.07, 6.45) is 43.2. The van der Waals surface area contributed by atoms with Gasteiger partial charge in [-0.3, -0.25) is 13.8 Å². The van der Waals surface area contributed by atoms with E-state index in [2.05, 4.69) is 26.0 Å². The molecule has 3 atom stereocenters. The Balaban J connectivity index is 4.03. The lowest BCUT2D eigenvalue weighted by molar-refractivity contribution is -0.154. The molecule has 9 nitrogen and oxygen atoms in total. The molecule has 0 spiro atoms. The van der Waals surface area contributed by atoms with Crippen LogP contribution in [0.15, 0.2) is 12.2 Å². The van der Waals surface area contributed by atoms with Gasteiger partial charge in [-0.15, -0.1) is 0 Å². The molecule has 0 saturated heterocycles. The van der Waals surface area contributed by atoms with Gasteiger partial charge in [-0.1, -0.05) is 193 Å². The summed E-state index contributed by atoms with van der Waals surface area (Å²) in [7, 11) is -4.51. The summed E-state index contributed by atoms with van der Waals surface area (Å²) in [5.74, 6) is -0.380. The van der Waals surface area contributed by atoms with Crippen LogP contribution >= 0.6 is 7.82 Å². The maximum absolute atomic E-state index is 12.6. The van der Waals surface area contributed by atoms with E-state index in [-0.39, 0.29) is 25.6 Å². The maximum atomic E-state index is 12.6. The third-order valence-electron chi connectivity index (χ3n) is 10.2. The molecular weight excluding hydrogens is 715 g/mol. The van der Waals surface area contributed by atoms with Gasteiger partial charge < -0.3 is 24.6 Å². The molecular formula is C45H89O9P. The van der Waals surface area contributed by atoms with Gasteiger partial charge >= 0.3 is 13.8 Å². The van der Waals surface area contributed by atoms with Gasteiger partial charge in [-0.2, -0.15) is 0 Å². The van der Waals surface area contributed by atoms with Crippen molar-refractivity contribution in [3.8, 4) is 0 Å². The van der Waals surface area contributed by atoms with Crippen molar-refractivity contribution in [2.75, 3.05) is 33.0 Å². The van der Waals surface area contributed by atoms with Crippen molar-refractivity contribution < 1.29 is 43.0 Å². The summed E-state index contributed by atoms with van der Waals surface area (Å²) in [6.45, 7) is 3.55. The standard InChI is InChI=1S/C45H89O9P/c1-3-5-7-9-11-13-15-17-18-19-20-21-22-23-24-25-26-28-30-32-34-36-38-51-41-44(42-53-55(49,50)52-40-43(47)39-46)54-45(48)37-35-33-31-29-27-16-14-12-10-8-6-4-2/h19-20,43-44,46-47H,3-18,21-42H2,1-2H3,(H,49,50)/b20-19-. The third-order valence-corrected chi connectivity index (χ3v) is 11.2. The average Bonchev–Trinajstić information content (AvgIpc) is 3.18. The Kier molecular flexibility index (Phi) is 42.2. The number of phosphoric ester groups is 1. The summed E-state index contributed by atoms with van der Waals surface area (Å²) in [6, 6.07) is 0. The number of unbranched alkanes of at least 4 members (excludes halogenated alkanes) is 29. The van der Waals surface area contributed by atoms with E-state index in [9.17, 15) is 19.4 Å². The molecule has 0 aromatic heterocycles. The van der Waals surface area contributed by atoms with Gasteiger partial charge in [-0.25, -0.2) is 4.57 Å². The summed E-state index contributed by atoms with van der Waals surface area (Å²) < 4.78 is 33.4. The van der Waals surface area contributed by atoms with E-state index in [1.165, 1.54) is 167 Å². The fourth-order valence-corrected chi connectivity index (χ4v) is 7.44. The van der Waals surface area contributed by atoms with Crippen LogP contribution in [0.25, 0.3) is 0 Å². The van der Waals surface area contributed by atoms with Crippen LogP contribution in [0.4, 0.5) is 0 Å². The second-order valence-electron chi connectivity index (χ2n) is 15.8. The molecule has 328 valence electrons. The average molecular weight is 805 g/mol. The second kappa shape index (κ2) is 42.8. The lowest BCUT2D eigenvalue weighted by Crippen LogP contribution is -2.29. The number of ether oxygens (including phenoxy) is 2. The van der Waals surface area contributed by atoms with E-state index in [1.807, 2.05) is 0 Å². The predicted octanol–water partition coefficient (Wildman–Crippen LogP) is 12.9. The van der Waals surface area contributed by atoms with Gasteiger partial charge in [0.05, 0.1) is 26.4 Å². The van der Waals surface area contributed by atoms with E-state index in [1.54, 1.807) is 0 Å². The van der Waals surface area contributed by atoms with Crippen LogP contribution in [0.5, 0.6) is 0 Å². The number of carbonyl (C=O) groups is 1. The van der Waals surface area contributed by atoms with Crippen LogP contribution in [0.3, 0.4) is 0 Å². The van der Waals surface area contributed by atoms with Crippen LogP contribution in [0, 0.1) is 0 Å². The third kappa shape index (κ3) is 42.6. The largest absolute Gasteiger partial charge is 0.472 e. The molecule has 0 heterocycles. The highest BCUT2D eigenvalue weighted by atomic mass is 31.2. The number of carbonyl (C=O) groups excluding carboxylic acids is 1. The van der Waals surface area contributed by atoms with Crippen LogP contribution in [-0.2, 0) is 27.9 Å². The molecule has 0 aromatic carbocycles. The maximum Gasteiger partial charge on any atom is 0.472 e. The first-order chi connectivity index (χ1) is 26.8. The van der Waals surface area contributed by atoms with E-state index in [0.29, 0.717) is 6.61 Å². The first-order valence-electron chi connectivity index (χ1n) is 23.2. The van der Waals surface area contributed by atoms with Gasteiger partial charge in [0.25, 0.3) is 0 Å². The van der Waals surface area contributed by atoms with E-state index >= 15 is 0 Å². The van der Waals surface area contributed by atoms with Gasteiger partial charge in [0.15, 0.2) is 0 Å². The number of hydrogen-bond acceptors (Lipinski definition) is 8. The number of hydrogen-bond donors (Lipinski definition) is 3. The molecule has 0 fully saturated rings. The zero-order valence-corrected chi connectivity index (χ0v) is 36.8. The number of allylic oxidation sites excluding steroid dienone is 2. The minimum absolute atomic E-state index is 0.0541. The first-order valence-corrected chi connectivity index (χ1v) is 24.7. The molecule has 0 bridgehead atoms. The first kappa shape index (κ1) is 54.2. The molecule has 0 saturated carbocycles. The van der Waals surface area contributed by atoms with Crippen molar-refractivity contribution in [3.63, 3.8) is 0 Å². The molecule has 0 radical (unpaired) electrons. The molecule has 0 aliphatic heterocycles. The fraction of sp³-hybridized carbons (Fsp3) is 0.933. The highest BCUT2D eigenvalue weighted by molar-refractivity contribution is 7.47. The van der Waals surface area contributed by atoms with Gasteiger partial charge in [-0.05, 0) is 38.5 Å². The molecule has 10 heteroatoms. The minimum atomic E-state index is -4.51. The molecule has 3 unspecified atom stereocenters. The number of esters is 1.